The van der Waals surface area contributed by atoms with Gasteiger partial charge in [-0.2, -0.15) is 0 Å². The third-order valence-corrected chi connectivity index (χ3v) is 13.9. The molecule has 0 aromatic heterocycles. The Labute approximate surface area is 331 Å². The van der Waals surface area contributed by atoms with Crippen LogP contribution in [0, 0.1) is 35.0 Å². The van der Waals surface area contributed by atoms with E-state index in [2.05, 4.69) is 78.2 Å². The summed E-state index contributed by atoms with van der Waals surface area (Å²) in [6, 6.07) is 24.6. The molecule has 5 atom stereocenters. The van der Waals surface area contributed by atoms with E-state index in [-0.39, 0.29) is 41.4 Å². The van der Waals surface area contributed by atoms with Crippen molar-refractivity contribution in [3.05, 3.63) is 130 Å². The molecule has 10 rings (SSSR count). The number of phenolic OH excluding ortho intramolecular Hbond substituents is 1. The van der Waals surface area contributed by atoms with Crippen LogP contribution in [0.15, 0.2) is 113 Å². The highest BCUT2D eigenvalue weighted by atomic mass is 16.5. The summed E-state index contributed by atoms with van der Waals surface area (Å²) in [6.45, 7) is 5.07. The lowest BCUT2D eigenvalue weighted by atomic mass is 9.44. The number of fused-ring (bicyclic) bond motifs is 1. The molecule has 0 amide bonds. The van der Waals surface area contributed by atoms with E-state index in [1.807, 2.05) is 25.2 Å². The Morgan fingerprint density at radius 1 is 0.911 bits per heavy atom. The first-order valence-corrected chi connectivity index (χ1v) is 21.1. The molecular formula is C49H54N2O5. The van der Waals surface area contributed by atoms with Gasteiger partial charge in [0.2, 0.25) is 0 Å². The fourth-order valence-electron chi connectivity index (χ4n) is 11.3. The predicted octanol–water partition coefficient (Wildman–Crippen LogP) is 9.20. The molecule has 3 aromatic rings. The Balaban J connectivity index is 1.20. The molecule has 1 spiro atoms. The van der Waals surface area contributed by atoms with Crippen molar-refractivity contribution in [1.29, 1.82) is 0 Å². The zero-order valence-electron chi connectivity index (χ0n) is 32.7. The lowest BCUT2D eigenvalue weighted by Crippen LogP contribution is -2.52. The Morgan fingerprint density at radius 3 is 2.54 bits per heavy atom. The van der Waals surface area contributed by atoms with Crippen molar-refractivity contribution in [2.24, 2.45) is 35.0 Å². The molecular weight excluding hydrogens is 697 g/mol. The van der Waals surface area contributed by atoms with Gasteiger partial charge < -0.3 is 25.2 Å². The second-order valence-corrected chi connectivity index (χ2v) is 16.9. The van der Waals surface area contributed by atoms with Gasteiger partial charge in [-0.25, -0.2) is 9.59 Å². The second-order valence-electron chi connectivity index (χ2n) is 16.9. The van der Waals surface area contributed by atoms with Crippen molar-refractivity contribution >= 4 is 17.5 Å². The van der Waals surface area contributed by atoms with Crippen molar-refractivity contribution in [3.8, 4) is 16.9 Å². The van der Waals surface area contributed by atoms with Gasteiger partial charge in [0.05, 0.1) is 11.0 Å². The van der Waals surface area contributed by atoms with Crippen LogP contribution in [0.25, 0.3) is 16.7 Å². The van der Waals surface area contributed by atoms with Crippen LogP contribution in [-0.2, 0) is 32.0 Å². The van der Waals surface area contributed by atoms with Crippen LogP contribution in [0.4, 0.5) is 0 Å². The monoisotopic (exact) mass is 750 g/mol. The first-order valence-electron chi connectivity index (χ1n) is 21.1. The van der Waals surface area contributed by atoms with E-state index in [0.29, 0.717) is 17.3 Å². The van der Waals surface area contributed by atoms with Crippen molar-refractivity contribution in [1.82, 2.24) is 10.6 Å². The third-order valence-electron chi connectivity index (χ3n) is 13.9. The summed E-state index contributed by atoms with van der Waals surface area (Å²) in [5.74, 6) is 1.78. The quantitative estimate of drug-likeness (QED) is 0.168. The van der Waals surface area contributed by atoms with E-state index < -0.39 is 5.41 Å². The average molecular weight is 751 g/mol. The molecule has 1 saturated carbocycles. The number of rotatable bonds is 11. The number of cyclic esters (lactones) is 2. The van der Waals surface area contributed by atoms with Gasteiger partial charge in [0, 0.05) is 23.6 Å². The number of ether oxygens (including phenoxy) is 2. The molecule has 3 heterocycles. The topological polar surface area (TPSA) is 96.9 Å². The van der Waals surface area contributed by atoms with E-state index in [1.165, 1.54) is 18.4 Å². The second kappa shape index (κ2) is 15.3. The number of carbonyl (C=O) groups is 2. The first kappa shape index (κ1) is 36.9. The van der Waals surface area contributed by atoms with Gasteiger partial charge in [-0.15, -0.1) is 0 Å². The lowest BCUT2D eigenvalue weighted by Gasteiger charge is -2.56. The predicted molar refractivity (Wildman–Crippen MR) is 219 cm³/mol. The third kappa shape index (κ3) is 6.37. The lowest BCUT2D eigenvalue weighted by molar-refractivity contribution is -0.135. The molecule has 7 heteroatoms. The Kier molecular flexibility index (Phi) is 10.1. The molecule has 7 nitrogen and oxygen atoms in total. The number of esters is 2. The number of carbonyl (C=O) groups excluding carboxylic acids is 2. The summed E-state index contributed by atoms with van der Waals surface area (Å²) in [4.78, 5) is 29.1. The molecule has 2 saturated heterocycles. The highest BCUT2D eigenvalue weighted by Gasteiger charge is 2.68. The molecule has 290 valence electrons. The fraction of sp³-hybridized carbons (Fsp3) is 0.429. The normalized spacial score (nSPS) is 27.7. The average Bonchev–Trinajstić information content (AvgIpc) is 3.70. The van der Waals surface area contributed by atoms with Gasteiger partial charge in [0.25, 0.3) is 0 Å². The first-order chi connectivity index (χ1) is 27.4. The van der Waals surface area contributed by atoms with E-state index >= 15 is 0 Å². The van der Waals surface area contributed by atoms with Crippen LogP contribution in [0.1, 0.15) is 81.4 Å². The fourth-order valence-corrected chi connectivity index (χ4v) is 11.3. The largest absolute Gasteiger partial charge is 0.508 e. The molecule has 4 aliphatic carbocycles. The Hall–Kier alpha value is -4.72. The summed E-state index contributed by atoms with van der Waals surface area (Å²) in [6.07, 6.45) is 13.7. The maximum absolute atomic E-state index is 14.8. The molecule has 3 aliphatic heterocycles. The minimum absolute atomic E-state index is 0.0193. The van der Waals surface area contributed by atoms with Gasteiger partial charge >= 0.3 is 11.9 Å². The number of hydrogen-bond acceptors (Lipinski definition) is 7. The molecule has 3 fully saturated rings. The van der Waals surface area contributed by atoms with Crippen molar-refractivity contribution in [2.75, 3.05) is 20.1 Å². The van der Waals surface area contributed by atoms with E-state index in [9.17, 15) is 14.7 Å². The summed E-state index contributed by atoms with van der Waals surface area (Å²) >= 11 is 0. The van der Waals surface area contributed by atoms with Gasteiger partial charge in [0.1, 0.15) is 17.3 Å². The number of nitrogens with one attached hydrogen (secondary N) is 2. The maximum Gasteiger partial charge on any atom is 0.340 e. The van der Waals surface area contributed by atoms with Gasteiger partial charge in [-0.3, -0.25) is 0 Å². The van der Waals surface area contributed by atoms with Crippen molar-refractivity contribution in [2.45, 2.75) is 77.7 Å². The number of piperidine rings is 1. The molecule has 56 heavy (non-hydrogen) atoms. The molecule has 3 N–H and O–H groups in total. The molecule has 3 aromatic carbocycles. The smallest absolute Gasteiger partial charge is 0.340 e. The molecule has 7 aliphatic rings. The maximum atomic E-state index is 14.8. The highest BCUT2D eigenvalue weighted by molar-refractivity contribution is 6.07. The molecule has 2 bridgehead atoms. The van der Waals surface area contributed by atoms with Gasteiger partial charge in [-0.1, -0.05) is 61.5 Å². The summed E-state index contributed by atoms with van der Waals surface area (Å²) in [7, 11) is 1.94. The number of hydrogen-bond donors (Lipinski definition) is 3. The highest BCUT2D eigenvalue weighted by Crippen LogP contribution is 2.72. The minimum atomic E-state index is -0.808. The van der Waals surface area contributed by atoms with E-state index in [1.54, 1.807) is 6.07 Å². The van der Waals surface area contributed by atoms with Crippen molar-refractivity contribution in [3.63, 3.8) is 0 Å². The molecule has 0 radical (unpaired) electrons. The van der Waals surface area contributed by atoms with E-state index in [4.69, 9.17) is 9.47 Å². The zero-order valence-corrected chi connectivity index (χ0v) is 32.7. The number of aromatic hydroxyl groups is 1. The van der Waals surface area contributed by atoms with Crippen LogP contribution in [0.5, 0.6) is 5.75 Å². The molecule has 0 unspecified atom stereocenters. The van der Waals surface area contributed by atoms with Crippen LogP contribution in [-0.4, -0.2) is 37.2 Å². The summed E-state index contributed by atoms with van der Waals surface area (Å²) < 4.78 is 12.8. The van der Waals surface area contributed by atoms with Crippen LogP contribution in [0.2, 0.25) is 0 Å². The Bertz CT molecular complexity index is 2160. The van der Waals surface area contributed by atoms with Crippen molar-refractivity contribution < 1.29 is 24.2 Å². The number of phenols is 1. The number of benzene rings is 3. The van der Waals surface area contributed by atoms with Gasteiger partial charge in [0.15, 0.2) is 0 Å². The standard InChI is InChI=1S/C49H54N2O5/c1-3-30(25-32-9-5-4-6-10-32)27-42-49-22-19-37(38-17-18-39-41(55-47(53)44(39)45(38)49)14-8-11-31-20-23-51-24-21-31)43(46(49)48(54)56-42)40-28-35(52)15-16-36(40)34-13-7-12-33(26-34)29-50-2/h4-7,9-10,12-16,26-28,30-31,37-38,45,50-52H,3,8,11,17-25,29H2,1-2H3/t30-,37+,38+,45+,49+/m0/s1. The minimum Gasteiger partial charge on any atom is -0.508 e. The Morgan fingerprint density at radius 2 is 1.73 bits per heavy atom. The van der Waals surface area contributed by atoms with Crippen LogP contribution >= 0.6 is 0 Å². The van der Waals surface area contributed by atoms with Crippen LogP contribution in [0.3, 0.4) is 0 Å². The van der Waals surface area contributed by atoms with E-state index in [0.717, 1.165) is 116 Å². The number of allylic oxidation sites excluding steroid dienone is 5. The van der Waals surface area contributed by atoms with Crippen LogP contribution < -0.4 is 10.6 Å². The summed E-state index contributed by atoms with van der Waals surface area (Å²) in [5, 5.41) is 17.8. The zero-order chi connectivity index (χ0) is 38.4. The summed E-state index contributed by atoms with van der Waals surface area (Å²) in [5.41, 5.74) is 7.97. The van der Waals surface area contributed by atoms with Gasteiger partial charge in [-0.05, 0) is 172 Å². The SMILES string of the molecule is CC[C@H](C=C1OC(=O)C2=C(c3cc(O)ccc3-c3cccc(CNC)c3)[C@@H]3CC[C@]12[C@H]1C2=C(CC[C@H]31)C(=CCCC1CCNCC1)OC2=O)Cc1ccccc1.